The molecule has 1 fully saturated rings. The van der Waals surface area contributed by atoms with Crippen molar-refractivity contribution in [1.29, 1.82) is 0 Å². The Kier molecular flexibility index (Phi) is 4.71. The van der Waals surface area contributed by atoms with E-state index in [0.717, 1.165) is 5.56 Å². The van der Waals surface area contributed by atoms with Crippen LogP contribution in [-0.2, 0) is 13.6 Å². The number of methoxy groups -OCH3 is 1. The lowest BCUT2D eigenvalue weighted by atomic mass is 10.2. The summed E-state index contributed by atoms with van der Waals surface area (Å²) >= 11 is 0. The third-order valence-electron chi connectivity index (χ3n) is 3.96. The van der Waals surface area contributed by atoms with Gasteiger partial charge >= 0.3 is 0 Å². The van der Waals surface area contributed by atoms with E-state index in [0.29, 0.717) is 37.9 Å². The third kappa shape index (κ3) is 3.95. The molecule has 3 heterocycles. The molecule has 1 N–H and O–H groups in total. The second-order valence-corrected chi connectivity index (χ2v) is 5.74. The summed E-state index contributed by atoms with van der Waals surface area (Å²) in [7, 11) is 3.44. The number of ether oxygens (including phenoxy) is 1. The molecule has 0 unspecified atom stereocenters. The quantitative estimate of drug-likeness (QED) is 0.864. The zero-order chi connectivity index (χ0) is 16.2. The molecule has 2 aromatic heterocycles. The Morgan fingerprint density at radius 2 is 2.35 bits per heavy atom. The number of nitrogens with zero attached hydrogens (tertiary/aromatic N) is 5. The molecule has 2 aromatic rings. The lowest BCUT2D eigenvalue weighted by Gasteiger charge is -2.23. The summed E-state index contributed by atoms with van der Waals surface area (Å²) in [6.45, 7) is 1.73. The second-order valence-electron chi connectivity index (χ2n) is 5.74. The Morgan fingerprint density at radius 1 is 1.48 bits per heavy atom. The van der Waals surface area contributed by atoms with Crippen molar-refractivity contribution in [2.45, 2.75) is 25.2 Å². The van der Waals surface area contributed by atoms with Gasteiger partial charge in [0.2, 0.25) is 11.8 Å². The van der Waals surface area contributed by atoms with Crippen molar-refractivity contribution in [1.82, 2.24) is 24.6 Å². The standard InChI is InChI=1S/C15H21FN6O/c1-21-8-11(6-19-21)9-22-10-12(16)5-13(22)7-18-15-17-4-3-14(20-15)23-2/h3-4,6,8,12-13H,5,7,9-10H2,1-2H3,(H,17,18,20)/t12-,13-/m0/s1. The average Bonchev–Trinajstić information content (AvgIpc) is 3.11. The number of aromatic nitrogens is 4. The van der Waals surface area contributed by atoms with Gasteiger partial charge in [0.05, 0.1) is 13.3 Å². The van der Waals surface area contributed by atoms with Crippen LogP contribution in [0, 0.1) is 0 Å². The summed E-state index contributed by atoms with van der Waals surface area (Å²) in [6.07, 6.45) is 5.12. The molecular weight excluding hydrogens is 299 g/mol. The lowest BCUT2D eigenvalue weighted by molar-refractivity contribution is 0.241. The van der Waals surface area contributed by atoms with E-state index in [1.54, 1.807) is 24.1 Å². The fourth-order valence-electron chi connectivity index (χ4n) is 2.87. The van der Waals surface area contributed by atoms with Gasteiger partial charge in [0.25, 0.3) is 0 Å². The van der Waals surface area contributed by atoms with E-state index in [1.807, 2.05) is 19.4 Å². The van der Waals surface area contributed by atoms with Crippen molar-refractivity contribution in [2.75, 3.05) is 25.5 Å². The molecule has 2 atom stereocenters. The number of halogens is 1. The highest BCUT2D eigenvalue weighted by Crippen LogP contribution is 2.23. The van der Waals surface area contributed by atoms with Crippen molar-refractivity contribution >= 4 is 5.95 Å². The van der Waals surface area contributed by atoms with Crippen molar-refractivity contribution in [2.24, 2.45) is 7.05 Å². The maximum atomic E-state index is 13.8. The number of rotatable bonds is 6. The van der Waals surface area contributed by atoms with E-state index >= 15 is 0 Å². The normalized spacial score (nSPS) is 21.5. The fraction of sp³-hybridized carbons (Fsp3) is 0.533. The van der Waals surface area contributed by atoms with Crippen molar-refractivity contribution < 1.29 is 9.13 Å². The number of alkyl halides is 1. The van der Waals surface area contributed by atoms with Crippen LogP contribution >= 0.6 is 0 Å². The SMILES string of the molecule is COc1ccnc(NC[C@@H]2C[C@H](F)CN2Cc2cnn(C)c2)n1. The lowest BCUT2D eigenvalue weighted by Crippen LogP contribution is -2.34. The minimum absolute atomic E-state index is 0.0972. The van der Waals surface area contributed by atoms with Crippen molar-refractivity contribution in [3.63, 3.8) is 0 Å². The summed E-state index contributed by atoms with van der Waals surface area (Å²) in [5.41, 5.74) is 1.09. The largest absolute Gasteiger partial charge is 0.481 e. The van der Waals surface area contributed by atoms with Crippen LogP contribution in [0.25, 0.3) is 0 Å². The van der Waals surface area contributed by atoms with Gasteiger partial charge in [-0.3, -0.25) is 9.58 Å². The van der Waals surface area contributed by atoms with E-state index in [9.17, 15) is 4.39 Å². The first-order valence-electron chi connectivity index (χ1n) is 7.60. The van der Waals surface area contributed by atoms with Crippen LogP contribution < -0.4 is 10.1 Å². The van der Waals surface area contributed by atoms with Gasteiger partial charge in [-0.05, 0) is 6.42 Å². The molecule has 0 amide bonds. The molecule has 1 aliphatic heterocycles. The number of aryl methyl sites for hydroxylation is 1. The van der Waals surface area contributed by atoms with Gasteiger partial charge in [0.1, 0.15) is 6.17 Å². The fourth-order valence-corrected chi connectivity index (χ4v) is 2.87. The molecule has 1 saturated heterocycles. The summed E-state index contributed by atoms with van der Waals surface area (Å²) in [6, 6.07) is 1.78. The highest BCUT2D eigenvalue weighted by atomic mass is 19.1. The zero-order valence-corrected chi connectivity index (χ0v) is 13.3. The number of hydrogen-bond donors (Lipinski definition) is 1. The van der Waals surface area contributed by atoms with Gasteiger partial charge in [-0.1, -0.05) is 0 Å². The molecule has 0 aliphatic carbocycles. The predicted molar refractivity (Wildman–Crippen MR) is 84.0 cm³/mol. The summed E-state index contributed by atoms with van der Waals surface area (Å²) in [5.74, 6) is 0.998. The first-order valence-corrected chi connectivity index (χ1v) is 7.60. The molecule has 0 radical (unpaired) electrons. The highest BCUT2D eigenvalue weighted by Gasteiger charge is 2.32. The highest BCUT2D eigenvalue weighted by molar-refractivity contribution is 5.27. The van der Waals surface area contributed by atoms with E-state index in [1.165, 1.54) is 0 Å². The van der Waals surface area contributed by atoms with Crippen LogP contribution in [0.1, 0.15) is 12.0 Å². The number of likely N-dealkylation sites (tertiary alicyclic amines) is 1. The minimum Gasteiger partial charge on any atom is -0.481 e. The smallest absolute Gasteiger partial charge is 0.225 e. The van der Waals surface area contributed by atoms with E-state index in [-0.39, 0.29) is 6.04 Å². The topological polar surface area (TPSA) is 68.1 Å². The first kappa shape index (κ1) is 15.7. The Balaban J connectivity index is 1.60. The first-order chi connectivity index (χ1) is 11.1. The average molecular weight is 320 g/mol. The zero-order valence-electron chi connectivity index (χ0n) is 13.3. The Morgan fingerprint density at radius 3 is 3.09 bits per heavy atom. The van der Waals surface area contributed by atoms with Crippen LogP contribution in [0.3, 0.4) is 0 Å². The molecular formula is C15H21FN6O. The Bertz CT molecular complexity index is 648. The molecule has 8 heteroatoms. The second kappa shape index (κ2) is 6.91. The number of hydrogen-bond acceptors (Lipinski definition) is 6. The predicted octanol–water partition coefficient (Wildman–Crippen LogP) is 1.24. The molecule has 1 aliphatic rings. The van der Waals surface area contributed by atoms with Gasteiger partial charge in [-0.15, -0.1) is 0 Å². The molecule has 7 nitrogen and oxygen atoms in total. The molecule has 3 rings (SSSR count). The summed E-state index contributed by atoms with van der Waals surface area (Å²) in [4.78, 5) is 10.5. The van der Waals surface area contributed by atoms with Crippen LogP contribution in [0.4, 0.5) is 10.3 Å². The van der Waals surface area contributed by atoms with Crippen molar-refractivity contribution in [3.05, 3.63) is 30.2 Å². The molecule has 23 heavy (non-hydrogen) atoms. The van der Waals surface area contributed by atoms with Crippen LogP contribution in [0.5, 0.6) is 5.88 Å². The van der Waals surface area contributed by atoms with Crippen LogP contribution in [0.2, 0.25) is 0 Å². The Labute approximate surface area is 134 Å². The van der Waals surface area contributed by atoms with E-state index < -0.39 is 6.17 Å². The van der Waals surface area contributed by atoms with Gasteiger partial charge in [-0.2, -0.15) is 10.1 Å². The maximum absolute atomic E-state index is 13.8. The van der Waals surface area contributed by atoms with Crippen LogP contribution in [0.15, 0.2) is 24.7 Å². The van der Waals surface area contributed by atoms with Gasteiger partial charge in [0, 0.05) is 56.7 Å². The summed E-state index contributed by atoms with van der Waals surface area (Å²) in [5, 5.41) is 7.33. The minimum atomic E-state index is -0.801. The van der Waals surface area contributed by atoms with Crippen molar-refractivity contribution in [3.8, 4) is 5.88 Å². The monoisotopic (exact) mass is 320 g/mol. The third-order valence-corrected chi connectivity index (χ3v) is 3.96. The van der Waals surface area contributed by atoms with Gasteiger partial charge in [0.15, 0.2) is 0 Å². The molecule has 124 valence electrons. The Hall–Kier alpha value is -2.22. The van der Waals surface area contributed by atoms with E-state index in [2.05, 4.69) is 25.3 Å². The molecule has 0 bridgehead atoms. The number of anilines is 1. The molecule has 0 aromatic carbocycles. The maximum Gasteiger partial charge on any atom is 0.225 e. The van der Waals surface area contributed by atoms with Gasteiger partial charge in [-0.25, -0.2) is 9.37 Å². The molecule has 0 spiro atoms. The summed E-state index contributed by atoms with van der Waals surface area (Å²) < 4.78 is 20.7. The van der Waals surface area contributed by atoms with E-state index in [4.69, 9.17) is 4.74 Å². The van der Waals surface area contributed by atoms with Gasteiger partial charge < -0.3 is 10.1 Å². The molecule has 0 saturated carbocycles. The van der Waals surface area contributed by atoms with Crippen LogP contribution in [-0.4, -0.2) is 57.1 Å². The number of nitrogens with one attached hydrogen (secondary N) is 1.